The Morgan fingerprint density at radius 1 is 1.15 bits per heavy atom. The fraction of sp³-hybridized carbons (Fsp3) is 0.235. The number of ether oxygens (including phenoxy) is 1. The van der Waals surface area contributed by atoms with Crippen LogP contribution in [0.1, 0.15) is 29.0 Å². The van der Waals surface area contributed by atoms with Crippen LogP contribution in [0.15, 0.2) is 53.7 Å². The number of oxime groups is 1. The zero-order valence-corrected chi connectivity index (χ0v) is 11.4. The first kappa shape index (κ1) is 12.7. The number of methoxy groups -OCH3 is 1. The molecular formula is C17H17NO2. The SMILES string of the molecule is COc1cccc(C2CCc3ccccc3/C2=N/O)c1. The summed E-state index contributed by atoms with van der Waals surface area (Å²) in [6.07, 6.45) is 1.95. The minimum absolute atomic E-state index is 0.116. The van der Waals surface area contributed by atoms with Gasteiger partial charge >= 0.3 is 0 Å². The molecule has 20 heavy (non-hydrogen) atoms. The molecule has 1 N–H and O–H groups in total. The fourth-order valence-electron chi connectivity index (χ4n) is 2.92. The minimum Gasteiger partial charge on any atom is -0.497 e. The van der Waals surface area contributed by atoms with Crippen LogP contribution in [0.3, 0.4) is 0 Å². The summed E-state index contributed by atoms with van der Waals surface area (Å²) >= 11 is 0. The Morgan fingerprint density at radius 3 is 2.80 bits per heavy atom. The van der Waals surface area contributed by atoms with Gasteiger partial charge in [0.25, 0.3) is 0 Å². The van der Waals surface area contributed by atoms with Gasteiger partial charge in [-0.1, -0.05) is 41.6 Å². The van der Waals surface area contributed by atoms with Crippen molar-refractivity contribution in [3.8, 4) is 5.75 Å². The lowest BCUT2D eigenvalue weighted by Crippen LogP contribution is -2.22. The second-order valence-corrected chi connectivity index (χ2v) is 5.01. The molecule has 2 aromatic rings. The van der Waals surface area contributed by atoms with E-state index in [-0.39, 0.29) is 5.92 Å². The molecule has 1 aliphatic carbocycles. The molecule has 3 rings (SSSR count). The van der Waals surface area contributed by atoms with Gasteiger partial charge in [0.2, 0.25) is 0 Å². The van der Waals surface area contributed by atoms with Gasteiger partial charge in [-0.05, 0) is 36.1 Å². The lowest BCUT2D eigenvalue weighted by Gasteiger charge is -2.26. The summed E-state index contributed by atoms with van der Waals surface area (Å²) in [4.78, 5) is 0. The van der Waals surface area contributed by atoms with Gasteiger partial charge in [-0.2, -0.15) is 0 Å². The first-order chi connectivity index (χ1) is 9.83. The molecule has 1 atom stereocenters. The summed E-state index contributed by atoms with van der Waals surface area (Å²) < 4.78 is 5.28. The highest BCUT2D eigenvalue weighted by Crippen LogP contribution is 2.34. The van der Waals surface area contributed by atoms with Crippen molar-refractivity contribution in [2.24, 2.45) is 5.16 Å². The minimum atomic E-state index is 0.116. The molecule has 102 valence electrons. The van der Waals surface area contributed by atoms with E-state index in [0.717, 1.165) is 35.4 Å². The van der Waals surface area contributed by atoms with Crippen LogP contribution < -0.4 is 4.74 Å². The van der Waals surface area contributed by atoms with Gasteiger partial charge in [-0.25, -0.2) is 0 Å². The molecule has 0 bridgehead atoms. The molecule has 3 heteroatoms. The molecule has 2 aromatic carbocycles. The van der Waals surface area contributed by atoms with E-state index < -0.39 is 0 Å². The molecule has 1 aliphatic rings. The van der Waals surface area contributed by atoms with Crippen molar-refractivity contribution in [2.45, 2.75) is 18.8 Å². The van der Waals surface area contributed by atoms with Crippen LogP contribution in [-0.4, -0.2) is 18.0 Å². The predicted molar refractivity (Wildman–Crippen MR) is 78.8 cm³/mol. The van der Waals surface area contributed by atoms with Crippen molar-refractivity contribution in [3.63, 3.8) is 0 Å². The molecule has 0 aliphatic heterocycles. The average Bonchev–Trinajstić information content (AvgIpc) is 2.53. The summed E-state index contributed by atoms with van der Waals surface area (Å²) in [6.45, 7) is 0. The number of benzene rings is 2. The van der Waals surface area contributed by atoms with Crippen LogP contribution in [0, 0.1) is 0 Å². The second kappa shape index (κ2) is 5.37. The third kappa shape index (κ3) is 2.16. The Balaban J connectivity index is 2.03. The third-order valence-electron chi connectivity index (χ3n) is 3.93. The number of hydrogen-bond donors (Lipinski definition) is 1. The van der Waals surface area contributed by atoms with Gasteiger partial charge in [0.1, 0.15) is 5.75 Å². The van der Waals surface area contributed by atoms with E-state index in [1.165, 1.54) is 5.56 Å². The standard InChI is InChI=1S/C17H17NO2/c1-20-14-7-4-6-13(11-14)16-10-9-12-5-2-3-8-15(12)17(16)18-19/h2-8,11,16,19H,9-10H2,1H3/b18-17-. The lowest BCUT2D eigenvalue weighted by atomic mass is 9.78. The second-order valence-electron chi connectivity index (χ2n) is 5.01. The summed E-state index contributed by atoms with van der Waals surface area (Å²) in [5.74, 6) is 0.948. The maximum atomic E-state index is 9.45. The van der Waals surface area contributed by atoms with Crippen LogP contribution in [0.25, 0.3) is 0 Å². The Kier molecular flexibility index (Phi) is 3.42. The largest absolute Gasteiger partial charge is 0.497 e. The smallest absolute Gasteiger partial charge is 0.119 e. The number of hydrogen-bond acceptors (Lipinski definition) is 3. The molecule has 0 spiro atoms. The average molecular weight is 267 g/mol. The molecule has 0 heterocycles. The monoisotopic (exact) mass is 267 g/mol. The summed E-state index contributed by atoms with van der Waals surface area (Å²) in [6, 6.07) is 16.1. The Labute approximate surface area is 118 Å². The van der Waals surface area contributed by atoms with Crippen LogP contribution in [0.2, 0.25) is 0 Å². The van der Waals surface area contributed by atoms with Crippen LogP contribution in [-0.2, 0) is 6.42 Å². The number of aryl methyl sites for hydroxylation is 1. The van der Waals surface area contributed by atoms with Gasteiger partial charge in [-0.15, -0.1) is 0 Å². The maximum absolute atomic E-state index is 9.45. The molecule has 0 saturated carbocycles. The van der Waals surface area contributed by atoms with E-state index in [4.69, 9.17) is 4.74 Å². The van der Waals surface area contributed by atoms with Gasteiger partial charge in [0.15, 0.2) is 0 Å². The van der Waals surface area contributed by atoms with E-state index in [1.807, 2.05) is 36.4 Å². The van der Waals surface area contributed by atoms with Crippen molar-refractivity contribution >= 4 is 5.71 Å². The van der Waals surface area contributed by atoms with Gasteiger partial charge in [0, 0.05) is 11.5 Å². The first-order valence-electron chi connectivity index (χ1n) is 6.77. The number of fused-ring (bicyclic) bond motifs is 1. The zero-order chi connectivity index (χ0) is 13.9. The van der Waals surface area contributed by atoms with Crippen molar-refractivity contribution < 1.29 is 9.94 Å². The van der Waals surface area contributed by atoms with Crippen molar-refractivity contribution in [1.82, 2.24) is 0 Å². The molecular weight excluding hydrogens is 250 g/mol. The van der Waals surface area contributed by atoms with Crippen LogP contribution in [0.5, 0.6) is 5.75 Å². The number of rotatable bonds is 2. The normalized spacial score (nSPS) is 19.6. The molecule has 1 unspecified atom stereocenters. The Bertz CT molecular complexity index is 649. The Morgan fingerprint density at radius 2 is 2.00 bits per heavy atom. The highest BCUT2D eigenvalue weighted by molar-refractivity contribution is 6.06. The number of nitrogens with zero attached hydrogens (tertiary/aromatic N) is 1. The van der Waals surface area contributed by atoms with Gasteiger partial charge < -0.3 is 9.94 Å². The van der Waals surface area contributed by atoms with Gasteiger partial charge in [-0.3, -0.25) is 0 Å². The first-order valence-corrected chi connectivity index (χ1v) is 6.77. The lowest BCUT2D eigenvalue weighted by molar-refractivity contribution is 0.316. The molecule has 3 nitrogen and oxygen atoms in total. The zero-order valence-electron chi connectivity index (χ0n) is 11.4. The van der Waals surface area contributed by atoms with Crippen LogP contribution >= 0.6 is 0 Å². The van der Waals surface area contributed by atoms with Crippen molar-refractivity contribution in [2.75, 3.05) is 7.11 Å². The summed E-state index contributed by atoms with van der Waals surface area (Å²) in [7, 11) is 1.66. The highest BCUT2D eigenvalue weighted by atomic mass is 16.5. The quantitative estimate of drug-likeness (QED) is 0.667. The molecule has 0 radical (unpaired) electrons. The summed E-state index contributed by atoms with van der Waals surface area (Å²) in [5.41, 5.74) is 4.18. The van der Waals surface area contributed by atoms with E-state index in [9.17, 15) is 5.21 Å². The fourth-order valence-corrected chi connectivity index (χ4v) is 2.92. The molecule has 0 amide bonds. The third-order valence-corrected chi connectivity index (χ3v) is 3.93. The van der Waals surface area contributed by atoms with E-state index >= 15 is 0 Å². The molecule has 0 fully saturated rings. The summed E-state index contributed by atoms with van der Waals surface area (Å²) in [5, 5.41) is 13.0. The van der Waals surface area contributed by atoms with Crippen LogP contribution in [0.4, 0.5) is 0 Å². The van der Waals surface area contributed by atoms with Crippen molar-refractivity contribution in [3.05, 3.63) is 65.2 Å². The van der Waals surface area contributed by atoms with Gasteiger partial charge in [0.05, 0.1) is 12.8 Å². The maximum Gasteiger partial charge on any atom is 0.119 e. The van der Waals surface area contributed by atoms with E-state index in [0.29, 0.717) is 0 Å². The topological polar surface area (TPSA) is 41.8 Å². The molecule has 0 saturated heterocycles. The van der Waals surface area contributed by atoms with E-state index in [2.05, 4.69) is 17.3 Å². The molecule has 0 aromatic heterocycles. The van der Waals surface area contributed by atoms with E-state index in [1.54, 1.807) is 7.11 Å². The predicted octanol–water partition coefficient (Wildman–Crippen LogP) is 3.60. The van der Waals surface area contributed by atoms with Crippen molar-refractivity contribution in [1.29, 1.82) is 0 Å². The Hall–Kier alpha value is -2.29. The highest BCUT2D eigenvalue weighted by Gasteiger charge is 2.27.